The second-order valence-corrected chi connectivity index (χ2v) is 5.56. The number of carbonyl (C=O) groups is 4. The minimum Gasteiger partial charge on any atom is -0.466 e. The van der Waals surface area contributed by atoms with Crippen LogP contribution in [0, 0.1) is 5.82 Å². The van der Waals surface area contributed by atoms with Crippen molar-refractivity contribution < 1.29 is 28.3 Å². The molecular weight excluding hydrogens is 345 g/mol. The van der Waals surface area contributed by atoms with Gasteiger partial charge in [0, 0.05) is 13.3 Å². The van der Waals surface area contributed by atoms with Crippen LogP contribution in [0.15, 0.2) is 24.3 Å². The summed E-state index contributed by atoms with van der Waals surface area (Å²) in [6, 6.07) is 3.19. The van der Waals surface area contributed by atoms with E-state index in [1.807, 2.05) is 0 Å². The van der Waals surface area contributed by atoms with Crippen molar-refractivity contribution in [3.63, 3.8) is 0 Å². The Hall–Kier alpha value is -2.97. The predicted molar refractivity (Wildman–Crippen MR) is 90.1 cm³/mol. The molecule has 0 saturated carbocycles. The normalized spacial score (nSPS) is 12.6. The van der Waals surface area contributed by atoms with E-state index in [0.29, 0.717) is 5.56 Å². The van der Waals surface area contributed by atoms with Crippen molar-refractivity contribution in [1.82, 2.24) is 10.6 Å². The van der Waals surface area contributed by atoms with Crippen molar-refractivity contribution >= 4 is 23.7 Å². The number of primary amides is 1. The van der Waals surface area contributed by atoms with Crippen molar-refractivity contribution in [2.24, 2.45) is 5.73 Å². The van der Waals surface area contributed by atoms with E-state index in [9.17, 15) is 23.6 Å². The third-order valence-corrected chi connectivity index (χ3v) is 3.36. The van der Waals surface area contributed by atoms with Gasteiger partial charge in [0.15, 0.2) is 0 Å². The van der Waals surface area contributed by atoms with Crippen LogP contribution in [0.25, 0.3) is 0 Å². The van der Waals surface area contributed by atoms with Gasteiger partial charge in [-0.15, -0.1) is 0 Å². The van der Waals surface area contributed by atoms with E-state index in [1.54, 1.807) is 13.0 Å². The average Bonchev–Trinajstić information content (AvgIpc) is 2.53. The first-order valence-corrected chi connectivity index (χ1v) is 7.99. The molecule has 0 aromatic heterocycles. The summed E-state index contributed by atoms with van der Waals surface area (Å²) in [6.45, 7) is 2.93. The highest BCUT2D eigenvalue weighted by atomic mass is 19.1. The van der Waals surface area contributed by atoms with Gasteiger partial charge in [-0.2, -0.15) is 0 Å². The Kier molecular flexibility index (Phi) is 8.20. The molecule has 8 nitrogen and oxygen atoms in total. The van der Waals surface area contributed by atoms with Crippen LogP contribution >= 0.6 is 0 Å². The minimum atomic E-state index is -1.29. The van der Waals surface area contributed by atoms with E-state index in [4.69, 9.17) is 10.5 Å². The summed E-state index contributed by atoms with van der Waals surface area (Å²) in [4.78, 5) is 46.8. The number of esters is 1. The Morgan fingerprint density at radius 3 is 2.42 bits per heavy atom. The maximum Gasteiger partial charge on any atom is 0.308 e. The van der Waals surface area contributed by atoms with Crippen LogP contribution in [0.1, 0.15) is 25.8 Å². The molecule has 1 rings (SSSR count). The number of nitrogens with two attached hydrogens (primary N) is 1. The Morgan fingerprint density at radius 1 is 1.19 bits per heavy atom. The number of carbonyl (C=O) groups excluding carboxylic acids is 4. The first-order valence-electron chi connectivity index (χ1n) is 7.99. The fraction of sp³-hybridized carbons (Fsp3) is 0.412. The quantitative estimate of drug-likeness (QED) is 0.521. The molecule has 142 valence electrons. The fourth-order valence-corrected chi connectivity index (χ4v) is 2.24. The summed E-state index contributed by atoms with van der Waals surface area (Å²) in [5.74, 6) is -3.31. The van der Waals surface area contributed by atoms with Gasteiger partial charge in [-0.05, 0) is 24.6 Å². The van der Waals surface area contributed by atoms with Crippen molar-refractivity contribution in [2.75, 3.05) is 6.61 Å². The van der Waals surface area contributed by atoms with Crippen LogP contribution in [0.2, 0.25) is 0 Å². The summed E-state index contributed by atoms with van der Waals surface area (Å²) in [5, 5.41) is 4.75. The lowest BCUT2D eigenvalue weighted by Crippen LogP contribution is -2.54. The molecule has 0 radical (unpaired) electrons. The number of benzene rings is 1. The molecule has 0 fully saturated rings. The van der Waals surface area contributed by atoms with Gasteiger partial charge >= 0.3 is 5.97 Å². The van der Waals surface area contributed by atoms with E-state index in [2.05, 4.69) is 10.6 Å². The molecule has 26 heavy (non-hydrogen) atoms. The molecule has 0 aliphatic heterocycles. The summed E-state index contributed by atoms with van der Waals surface area (Å²) >= 11 is 0. The van der Waals surface area contributed by atoms with Gasteiger partial charge in [0.25, 0.3) is 0 Å². The number of amides is 3. The van der Waals surface area contributed by atoms with Crippen molar-refractivity contribution in [3.8, 4) is 0 Å². The highest BCUT2D eigenvalue weighted by Crippen LogP contribution is 2.08. The Balaban J connectivity index is 2.87. The molecule has 0 aliphatic carbocycles. The summed E-state index contributed by atoms with van der Waals surface area (Å²) in [5.41, 5.74) is 5.68. The maximum absolute atomic E-state index is 13.3. The van der Waals surface area contributed by atoms with Crippen molar-refractivity contribution in [1.29, 1.82) is 0 Å². The number of halogens is 1. The van der Waals surface area contributed by atoms with Crippen LogP contribution in [0.3, 0.4) is 0 Å². The summed E-state index contributed by atoms with van der Waals surface area (Å²) in [6.07, 6.45) is -0.435. The van der Waals surface area contributed by atoms with Gasteiger partial charge in [-0.25, -0.2) is 4.39 Å². The monoisotopic (exact) mass is 367 g/mol. The van der Waals surface area contributed by atoms with Gasteiger partial charge in [-0.3, -0.25) is 19.2 Å². The molecule has 1 aromatic rings. The van der Waals surface area contributed by atoms with Crippen LogP contribution in [0.5, 0.6) is 0 Å². The third-order valence-electron chi connectivity index (χ3n) is 3.36. The molecule has 0 unspecified atom stereocenters. The molecule has 3 amide bonds. The van der Waals surface area contributed by atoms with Crippen LogP contribution < -0.4 is 16.4 Å². The molecule has 0 heterocycles. The molecule has 0 aliphatic rings. The van der Waals surface area contributed by atoms with E-state index in [0.717, 1.165) is 0 Å². The Labute approximate surface area is 150 Å². The Bertz CT molecular complexity index is 680. The van der Waals surface area contributed by atoms with Crippen LogP contribution in [-0.2, 0) is 30.3 Å². The zero-order valence-electron chi connectivity index (χ0n) is 14.6. The molecule has 1 aromatic carbocycles. The van der Waals surface area contributed by atoms with Gasteiger partial charge in [0.1, 0.15) is 17.9 Å². The van der Waals surface area contributed by atoms with Crippen LogP contribution in [0.4, 0.5) is 4.39 Å². The van der Waals surface area contributed by atoms with E-state index >= 15 is 0 Å². The van der Waals surface area contributed by atoms with Crippen molar-refractivity contribution in [3.05, 3.63) is 35.6 Å². The number of rotatable bonds is 9. The standard InChI is InChI=1S/C17H22FN3O5/c1-3-26-15(23)9-13(16(19)24)21-17(25)14(20-10(2)22)8-11-5-4-6-12(18)7-11/h4-7,13-14H,3,8-9H2,1-2H3,(H2,19,24)(H,20,22)(H,21,25)/t13-,14-/m1/s1. The second-order valence-electron chi connectivity index (χ2n) is 5.56. The number of hydrogen-bond acceptors (Lipinski definition) is 5. The third kappa shape index (κ3) is 7.29. The lowest BCUT2D eigenvalue weighted by atomic mass is 10.0. The van der Waals surface area contributed by atoms with E-state index in [1.165, 1.54) is 25.1 Å². The topological polar surface area (TPSA) is 128 Å². The van der Waals surface area contributed by atoms with Gasteiger partial charge < -0.3 is 21.1 Å². The first kappa shape index (κ1) is 21.1. The molecule has 2 atom stereocenters. The molecule has 0 saturated heterocycles. The summed E-state index contributed by atoms with van der Waals surface area (Å²) < 4.78 is 18.0. The van der Waals surface area contributed by atoms with E-state index < -0.39 is 48.0 Å². The Morgan fingerprint density at radius 2 is 1.88 bits per heavy atom. The smallest absolute Gasteiger partial charge is 0.308 e. The molecule has 0 bridgehead atoms. The second kappa shape index (κ2) is 10.1. The van der Waals surface area contributed by atoms with Gasteiger partial charge in [0.05, 0.1) is 13.0 Å². The van der Waals surface area contributed by atoms with Crippen molar-refractivity contribution in [2.45, 2.75) is 38.8 Å². The fourth-order valence-electron chi connectivity index (χ4n) is 2.24. The number of nitrogens with one attached hydrogen (secondary N) is 2. The van der Waals surface area contributed by atoms with Gasteiger partial charge in [-0.1, -0.05) is 12.1 Å². The van der Waals surface area contributed by atoms with E-state index in [-0.39, 0.29) is 13.0 Å². The molecule has 4 N–H and O–H groups in total. The first-order chi connectivity index (χ1) is 12.2. The molecule has 9 heteroatoms. The molecule has 0 spiro atoms. The maximum atomic E-state index is 13.3. The number of hydrogen-bond donors (Lipinski definition) is 3. The highest BCUT2D eigenvalue weighted by Gasteiger charge is 2.27. The van der Waals surface area contributed by atoms with Gasteiger partial charge in [0.2, 0.25) is 17.7 Å². The number of ether oxygens (including phenoxy) is 1. The minimum absolute atomic E-state index is 0.00589. The zero-order chi connectivity index (χ0) is 19.7. The largest absolute Gasteiger partial charge is 0.466 e. The SMILES string of the molecule is CCOC(=O)C[C@@H](NC(=O)[C@@H](Cc1cccc(F)c1)NC(C)=O)C(N)=O. The summed E-state index contributed by atoms with van der Waals surface area (Å²) in [7, 11) is 0. The lowest BCUT2D eigenvalue weighted by molar-refractivity contribution is -0.145. The lowest BCUT2D eigenvalue weighted by Gasteiger charge is -2.21. The average molecular weight is 367 g/mol. The zero-order valence-corrected chi connectivity index (χ0v) is 14.6. The van der Waals surface area contributed by atoms with Crippen LogP contribution in [-0.4, -0.2) is 42.4 Å². The highest BCUT2D eigenvalue weighted by molar-refractivity contribution is 5.93. The predicted octanol–water partition coefficient (Wildman–Crippen LogP) is -0.204. The molecular formula is C17H22FN3O5.